The van der Waals surface area contributed by atoms with Crippen molar-refractivity contribution in [2.45, 2.75) is 49.6 Å². The molecule has 0 unspecified atom stereocenters. The van der Waals surface area contributed by atoms with Crippen molar-refractivity contribution < 1.29 is 26.8 Å². The molecule has 3 aromatic rings. The Bertz CT molecular complexity index is 1460. The highest BCUT2D eigenvalue weighted by molar-refractivity contribution is 7.90. The van der Waals surface area contributed by atoms with Gasteiger partial charge in [-0.3, -0.25) is 9.59 Å². The van der Waals surface area contributed by atoms with E-state index >= 15 is 0 Å². The van der Waals surface area contributed by atoms with E-state index < -0.39 is 27.4 Å². The summed E-state index contributed by atoms with van der Waals surface area (Å²) in [6.07, 6.45) is 3.62. The maximum Gasteiger partial charge on any atom is 0.251 e. The smallest absolute Gasteiger partial charge is 0.251 e. The highest BCUT2D eigenvalue weighted by Crippen LogP contribution is 2.22. The lowest BCUT2D eigenvalue weighted by Crippen LogP contribution is -2.48. The van der Waals surface area contributed by atoms with Crippen LogP contribution in [0.1, 0.15) is 53.7 Å². The van der Waals surface area contributed by atoms with Crippen molar-refractivity contribution in [1.82, 2.24) is 15.1 Å². The van der Waals surface area contributed by atoms with Gasteiger partial charge in [-0.25, -0.2) is 17.2 Å². The Balaban J connectivity index is 0.00000506. The third kappa shape index (κ3) is 9.58. The van der Waals surface area contributed by atoms with Gasteiger partial charge in [0.15, 0.2) is 9.84 Å². The lowest BCUT2D eigenvalue weighted by molar-refractivity contribution is -0.133. The molecule has 0 saturated carbocycles. The largest absolute Gasteiger partial charge is 0.345 e. The van der Waals surface area contributed by atoms with E-state index in [-0.39, 0.29) is 47.3 Å². The van der Waals surface area contributed by atoms with Crippen LogP contribution >= 0.6 is 12.4 Å². The lowest BCUT2D eigenvalue weighted by Gasteiger charge is -2.38. The van der Waals surface area contributed by atoms with Crippen molar-refractivity contribution >= 4 is 34.1 Å². The fraction of sp³-hybridized carbons (Fsp3) is 0.375. The standard InChI is InChI=1S/C32H37F2N3O4S.ClH/c1-3-37(31(38)19-23-9-11-29(12-10-23)42(2,40)41)28-13-16-36(17-14-28)18-15-30(24-7-5-4-6-8-24)35-32(39)25-20-26(33)22-27(34)21-25;/h4-12,20-22,28,30H,3,13-19H2,1-2H3,(H,35,39);1H/t30-;/m0./s1. The molecule has 43 heavy (non-hydrogen) atoms. The van der Waals surface area contributed by atoms with Crippen molar-refractivity contribution in [3.8, 4) is 0 Å². The zero-order valence-corrected chi connectivity index (χ0v) is 26.0. The summed E-state index contributed by atoms with van der Waals surface area (Å²) in [5, 5.41) is 2.94. The third-order valence-corrected chi connectivity index (χ3v) is 8.86. The lowest BCUT2D eigenvalue weighted by atomic mass is 9.99. The van der Waals surface area contributed by atoms with Crippen molar-refractivity contribution in [3.63, 3.8) is 0 Å². The van der Waals surface area contributed by atoms with Gasteiger partial charge in [-0.1, -0.05) is 42.5 Å². The van der Waals surface area contributed by atoms with Gasteiger partial charge in [-0.15, -0.1) is 12.4 Å². The Kier molecular flexibility index (Phi) is 12.2. The summed E-state index contributed by atoms with van der Waals surface area (Å²) in [7, 11) is -3.29. The van der Waals surface area contributed by atoms with E-state index in [2.05, 4.69) is 10.2 Å². The fourth-order valence-corrected chi connectivity index (χ4v) is 6.10. The van der Waals surface area contributed by atoms with Gasteiger partial charge in [-0.2, -0.15) is 0 Å². The second-order valence-corrected chi connectivity index (χ2v) is 12.7. The van der Waals surface area contributed by atoms with Crippen LogP contribution in [-0.4, -0.2) is 68.5 Å². The number of benzene rings is 3. The van der Waals surface area contributed by atoms with Gasteiger partial charge < -0.3 is 15.1 Å². The fourth-order valence-electron chi connectivity index (χ4n) is 5.47. The number of nitrogens with zero attached hydrogens (tertiary/aromatic N) is 2. The van der Waals surface area contributed by atoms with Crippen LogP contribution in [0.15, 0.2) is 77.7 Å². The number of carbonyl (C=O) groups is 2. The highest BCUT2D eigenvalue weighted by Gasteiger charge is 2.28. The number of piperidine rings is 1. The summed E-state index contributed by atoms with van der Waals surface area (Å²) in [4.78, 5) is 30.5. The summed E-state index contributed by atoms with van der Waals surface area (Å²) in [6.45, 7) is 4.85. The van der Waals surface area contributed by atoms with Crippen LogP contribution in [0.25, 0.3) is 0 Å². The molecule has 3 aromatic carbocycles. The second kappa shape index (κ2) is 15.4. The van der Waals surface area contributed by atoms with Gasteiger partial charge in [0, 0.05) is 50.1 Å². The molecule has 11 heteroatoms. The van der Waals surface area contributed by atoms with E-state index in [9.17, 15) is 26.8 Å². The number of hydrogen-bond acceptors (Lipinski definition) is 5. The molecule has 0 aliphatic carbocycles. The molecule has 7 nitrogen and oxygen atoms in total. The molecule has 1 heterocycles. The summed E-state index contributed by atoms with van der Waals surface area (Å²) < 4.78 is 50.8. The van der Waals surface area contributed by atoms with Crippen LogP contribution in [0, 0.1) is 11.6 Å². The molecule has 2 amide bonds. The molecule has 1 aliphatic rings. The summed E-state index contributed by atoms with van der Waals surface area (Å²) in [5.41, 5.74) is 1.62. The minimum absolute atomic E-state index is 0. The minimum atomic E-state index is -3.29. The molecule has 1 atom stereocenters. The first-order valence-corrected chi connectivity index (χ1v) is 16.1. The molecule has 0 bridgehead atoms. The van der Waals surface area contributed by atoms with Gasteiger partial charge in [-0.05, 0) is 61.6 Å². The normalized spacial score (nSPS) is 14.9. The van der Waals surface area contributed by atoms with Crippen molar-refractivity contribution in [2.24, 2.45) is 0 Å². The first-order chi connectivity index (χ1) is 20.0. The molecule has 1 fully saturated rings. The average molecular weight is 634 g/mol. The Morgan fingerprint density at radius 1 is 0.977 bits per heavy atom. The quantitative estimate of drug-likeness (QED) is 0.314. The number of sulfone groups is 1. The Morgan fingerprint density at radius 2 is 1.58 bits per heavy atom. The predicted octanol–water partition coefficient (Wildman–Crippen LogP) is 5.21. The maximum absolute atomic E-state index is 13.7. The van der Waals surface area contributed by atoms with E-state index in [0.717, 1.165) is 61.5 Å². The minimum Gasteiger partial charge on any atom is -0.345 e. The molecule has 0 aromatic heterocycles. The van der Waals surface area contributed by atoms with Gasteiger partial charge in [0.25, 0.3) is 5.91 Å². The van der Waals surface area contributed by atoms with Crippen molar-refractivity contribution in [2.75, 3.05) is 32.4 Å². The Hall–Kier alpha value is -3.34. The number of halogens is 3. The SMILES string of the molecule is CCN(C(=O)Cc1ccc(S(C)(=O)=O)cc1)C1CCN(CC[C@H](NC(=O)c2cc(F)cc(F)c2)c2ccccc2)CC1.Cl. The first-order valence-electron chi connectivity index (χ1n) is 14.2. The number of hydrogen-bond donors (Lipinski definition) is 1. The molecule has 232 valence electrons. The molecule has 1 N–H and O–H groups in total. The Labute approximate surface area is 258 Å². The molecular formula is C32H38ClF2N3O4S. The number of likely N-dealkylation sites (tertiary alicyclic amines) is 1. The molecule has 1 saturated heterocycles. The molecule has 0 radical (unpaired) electrons. The van der Waals surface area contributed by atoms with E-state index in [0.29, 0.717) is 19.5 Å². The molecular weight excluding hydrogens is 596 g/mol. The van der Waals surface area contributed by atoms with Gasteiger partial charge in [0.05, 0.1) is 17.4 Å². The van der Waals surface area contributed by atoms with Crippen molar-refractivity contribution in [1.29, 1.82) is 0 Å². The second-order valence-electron chi connectivity index (χ2n) is 10.7. The number of rotatable bonds is 11. The first kappa shape index (κ1) is 34.2. The summed E-state index contributed by atoms with van der Waals surface area (Å²) >= 11 is 0. The van der Waals surface area contributed by atoms with E-state index in [1.807, 2.05) is 42.2 Å². The van der Waals surface area contributed by atoms with Crippen molar-refractivity contribution in [3.05, 3.63) is 101 Å². The summed E-state index contributed by atoms with van der Waals surface area (Å²) in [5.74, 6) is -2.12. The van der Waals surface area contributed by atoms with Crippen LogP contribution < -0.4 is 5.32 Å². The van der Waals surface area contributed by atoms with Crippen LogP contribution in [-0.2, 0) is 21.1 Å². The highest BCUT2D eigenvalue weighted by atomic mass is 35.5. The van der Waals surface area contributed by atoms with Gasteiger partial charge in [0.2, 0.25) is 5.91 Å². The number of nitrogens with one attached hydrogen (secondary N) is 1. The van der Waals surface area contributed by atoms with Crippen LogP contribution in [0.2, 0.25) is 0 Å². The summed E-state index contributed by atoms with van der Waals surface area (Å²) in [6, 6.07) is 18.5. The third-order valence-electron chi connectivity index (χ3n) is 7.73. The number of amides is 2. The predicted molar refractivity (Wildman–Crippen MR) is 165 cm³/mol. The molecule has 1 aliphatic heterocycles. The van der Waals surface area contributed by atoms with Crippen LogP contribution in [0.3, 0.4) is 0 Å². The van der Waals surface area contributed by atoms with Crippen LogP contribution in [0.4, 0.5) is 8.78 Å². The molecule has 4 rings (SSSR count). The molecule has 0 spiro atoms. The maximum atomic E-state index is 13.7. The van der Waals surface area contributed by atoms with E-state index in [4.69, 9.17) is 0 Å². The van der Waals surface area contributed by atoms with Crippen LogP contribution in [0.5, 0.6) is 0 Å². The zero-order chi connectivity index (χ0) is 30.3. The van der Waals surface area contributed by atoms with Gasteiger partial charge in [0.1, 0.15) is 11.6 Å². The van der Waals surface area contributed by atoms with E-state index in [1.165, 1.54) is 12.1 Å². The zero-order valence-electron chi connectivity index (χ0n) is 24.3. The number of carbonyl (C=O) groups excluding carboxylic acids is 2. The van der Waals surface area contributed by atoms with E-state index in [1.54, 1.807) is 12.1 Å². The average Bonchev–Trinajstić information content (AvgIpc) is 2.96. The monoisotopic (exact) mass is 633 g/mol. The topological polar surface area (TPSA) is 86.8 Å². The van der Waals surface area contributed by atoms with Gasteiger partial charge >= 0.3 is 0 Å². The Morgan fingerprint density at radius 3 is 2.14 bits per heavy atom. The number of likely N-dealkylation sites (N-methyl/N-ethyl adjacent to an activating group) is 1.